The minimum atomic E-state index is -1.00. The normalized spacial score (nSPS) is 10.8. The van der Waals surface area contributed by atoms with Crippen molar-refractivity contribution in [3.63, 3.8) is 0 Å². The van der Waals surface area contributed by atoms with Gasteiger partial charge in [0.1, 0.15) is 11.3 Å². The first kappa shape index (κ1) is 15.0. The van der Waals surface area contributed by atoms with Crippen LogP contribution >= 0.6 is 31.9 Å². The molecule has 0 bridgehead atoms. The fraction of sp³-hybridized carbons (Fsp3) is 0. The van der Waals surface area contributed by atoms with Gasteiger partial charge in [-0.15, -0.1) is 0 Å². The first-order valence-electron chi connectivity index (χ1n) is 6.22. The molecule has 0 saturated heterocycles. The molecule has 0 unspecified atom stereocenters. The topological polar surface area (TPSA) is 67.5 Å². The molecule has 0 amide bonds. The third-order valence-electron chi connectivity index (χ3n) is 3.16. The van der Waals surface area contributed by atoms with Crippen molar-refractivity contribution >= 4 is 48.8 Å². The van der Waals surface area contributed by atoms with Crippen LogP contribution < -0.4 is 5.43 Å². The molecule has 1 aromatic heterocycles. The summed E-state index contributed by atoms with van der Waals surface area (Å²) in [4.78, 5) is 23.1. The van der Waals surface area contributed by atoms with Gasteiger partial charge in [0.15, 0.2) is 5.43 Å². The third-order valence-corrected chi connectivity index (χ3v) is 4.25. The standard InChI is InChI=1S/C16H8Br2O4/c17-10-5-11(18)15-12(19)7-13(22-14(15)6-10)8-1-3-9(4-2-8)16(20)21/h1-7H,(H,20,21). The van der Waals surface area contributed by atoms with Crippen molar-refractivity contribution in [2.24, 2.45) is 0 Å². The summed E-state index contributed by atoms with van der Waals surface area (Å²) < 4.78 is 7.22. The number of hydrogen-bond acceptors (Lipinski definition) is 3. The summed E-state index contributed by atoms with van der Waals surface area (Å²) in [5, 5.41) is 9.38. The molecule has 0 radical (unpaired) electrons. The number of fused-ring (bicyclic) bond motifs is 1. The van der Waals surface area contributed by atoms with Crippen molar-refractivity contribution in [3.8, 4) is 11.3 Å². The summed E-state index contributed by atoms with van der Waals surface area (Å²) in [6.07, 6.45) is 0. The average Bonchev–Trinajstić information content (AvgIpc) is 2.46. The van der Waals surface area contributed by atoms with Crippen molar-refractivity contribution < 1.29 is 14.3 Å². The van der Waals surface area contributed by atoms with Crippen LogP contribution in [0.3, 0.4) is 0 Å². The number of benzene rings is 2. The lowest BCUT2D eigenvalue weighted by Crippen LogP contribution is -2.01. The van der Waals surface area contributed by atoms with Gasteiger partial charge in [-0.3, -0.25) is 4.79 Å². The number of carboxylic acids is 1. The molecule has 2 aromatic carbocycles. The zero-order chi connectivity index (χ0) is 15.9. The number of rotatable bonds is 2. The smallest absolute Gasteiger partial charge is 0.335 e. The molecule has 0 saturated carbocycles. The van der Waals surface area contributed by atoms with Gasteiger partial charge in [0, 0.05) is 20.6 Å². The largest absolute Gasteiger partial charge is 0.478 e. The van der Waals surface area contributed by atoms with Gasteiger partial charge in [0.25, 0.3) is 0 Å². The average molecular weight is 424 g/mol. The maximum Gasteiger partial charge on any atom is 0.335 e. The van der Waals surface area contributed by atoms with Gasteiger partial charge in [-0.25, -0.2) is 4.79 Å². The quantitative estimate of drug-likeness (QED) is 0.649. The molecule has 0 fully saturated rings. The van der Waals surface area contributed by atoms with E-state index in [9.17, 15) is 9.59 Å². The first-order valence-corrected chi connectivity index (χ1v) is 7.81. The fourth-order valence-electron chi connectivity index (χ4n) is 2.13. The molecule has 3 rings (SSSR count). The van der Waals surface area contributed by atoms with Crippen LogP contribution in [-0.4, -0.2) is 11.1 Å². The molecule has 3 aromatic rings. The maximum atomic E-state index is 12.3. The van der Waals surface area contributed by atoms with E-state index in [1.54, 1.807) is 24.3 Å². The first-order chi connectivity index (χ1) is 10.5. The highest BCUT2D eigenvalue weighted by Gasteiger charge is 2.11. The van der Waals surface area contributed by atoms with E-state index in [2.05, 4.69) is 31.9 Å². The molecule has 22 heavy (non-hydrogen) atoms. The predicted molar refractivity (Wildman–Crippen MR) is 90.3 cm³/mol. The summed E-state index contributed by atoms with van der Waals surface area (Å²) in [7, 11) is 0. The molecule has 6 heteroatoms. The van der Waals surface area contributed by atoms with Crippen molar-refractivity contribution in [2.45, 2.75) is 0 Å². The Hall–Kier alpha value is -1.92. The van der Waals surface area contributed by atoms with Crippen LogP contribution in [0.15, 0.2) is 60.6 Å². The molecule has 0 aliphatic carbocycles. The van der Waals surface area contributed by atoms with Crippen LogP contribution in [0, 0.1) is 0 Å². The third kappa shape index (κ3) is 2.71. The Morgan fingerprint density at radius 1 is 1.05 bits per heavy atom. The Morgan fingerprint density at radius 3 is 2.36 bits per heavy atom. The van der Waals surface area contributed by atoms with Crippen molar-refractivity contribution in [1.29, 1.82) is 0 Å². The van der Waals surface area contributed by atoms with Crippen LogP contribution in [-0.2, 0) is 0 Å². The Labute approximate surface area is 141 Å². The zero-order valence-electron chi connectivity index (χ0n) is 11.0. The summed E-state index contributed by atoms with van der Waals surface area (Å²) in [5.74, 6) is -0.612. The summed E-state index contributed by atoms with van der Waals surface area (Å²) in [6, 6.07) is 11.1. The molecule has 1 heterocycles. The van der Waals surface area contributed by atoms with Gasteiger partial charge < -0.3 is 9.52 Å². The maximum absolute atomic E-state index is 12.3. The van der Waals surface area contributed by atoms with Crippen molar-refractivity contribution in [2.75, 3.05) is 0 Å². The van der Waals surface area contributed by atoms with Crippen molar-refractivity contribution in [1.82, 2.24) is 0 Å². The number of hydrogen-bond donors (Lipinski definition) is 1. The highest BCUT2D eigenvalue weighted by molar-refractivity contribution is 9.11. The van der Waals surface area contributed by atoms with Crippen LogP contribution in [0.1, 0.15) is 10.4 Å². The van der Waals surface area contributed by atoms with Crippen LogP contribution in [0.4, 0.5) is 0 Å². The van der Waals surface area contributed by atoms with E-state index in [0.717, 1.165) is 4.47 Å². The number of aromatic carboxylic acids is 1. The van der Waals surface area contributed by atoms with Crippen LogP contribution in [0.25, 0.3) is 22.3 Å². The lowest BCUT2D eigenvalue weighted by Gasteiger charge is -2.05. The molecular weight excluding hydrogens is 416 g/mol. The Balaban J connectivity index is 2.19. The number of halogens is 2. The van der Waals surface area contributed by atoms with Gasteiger partial charge in [0.05, 0.1) is 10.9 Å². The second-order valence-electron chi connectivity index (χ2n) is 4.62. The van der Waals surface area contributed by atoms with E-state index in [4.69, 9.17) is 9.52 Å². The number of carboxylic acid groups (broad SMARTS) is 1. The van der Waals surface area contributed by atoms with E-state index in [1.807, 2.05) is 0 Å². The molecular formula is C16H8Br2O4. The van der Waals surface area contributed by atoms with E-state index in [0.29, 0.717) is 26.8 Å². The van der Waals surface area contributed by atoms with Gasteiger partial charge in [-0.05, 0) is 40.2 Å². The van der Waals surface area contributed by atoms with Gasteiger partial charge in [-0.2, -0.15) is 0 Å². The lowest BCUT2D eigenvalue weighted by molar-refractivity contribution is 0.0697. The summed E-state index contributed by atoms with van der Waals surface area (Å²) in [5.41, 5.74) is 1.10. The van der Waals surface area contributed by atoms with E-state index in [1.165, 1.54) is 18.2 Å². The Bertz CT molecular complexity index is 943. The molecule has 0 aliphatic heterocycles. The van der Waals surface area contributed by atoms with Crippen LogP contribution in [0.5, 0.6) is 0 Å². The molecule has 110 valence electrons. The molecule has 0 atom stereocenters. The SMILES string of the molecule is O=C(O)c1ccc(-c2cc(=O)c3c(Br)cc(Br)cc3o2)cc1. The molecule has 0 spiro atoms. The molecule has 4 nitrogen and oxygen atoms in total. The molecule has 1 N–H and O–H groups in total. The summed E-state index contributed by atoms with van der Waals surface area (Å²) in [6.45, 7) is 0. The fourth-order valence-corrected chi connectivity index (χ4v) is 3.51. The van der Waals surface area contributed by atoms with E-state index < -0.39 is 5.97 Å². The zero-order valence-corrected chi connectivity index (χ0v) is 14.1. The predicted octanol–water partition coefficient (Wildman–Crippen LogP) is 4.68. The van der Waals surface area contributed by atoms with Crippen LogP contribution in [0.2, 0.25) is 0 Å². The highest BCUT2D eigenvalue weighted by atomic mass is 79.9. The van der Waals surface area contributed by atoms with Gasteiger partial charge >= 0.3 is 5.97 Å². The monoisotopic (exact) mass is 422 g/mol. The Morgan fingerprint density at radius 2 is 1.73 bits per heavy atom. The second-order valence-corrected chi connectivity index (χ2v) is 6.39. The molecule has 0 aliphatic rings. The minimum absolute atomic E-state index is 0.169. The second kappa shape index (κ2) is 5.70. The van der Waals surface area contributed by atoms with Gasteiger partial charge in [-0.1, -0.05) is 28.1 Å². The van der Waals surface area contributed by atoms with E-state index in [-0.39, 0.29) is 11.0 Å². The lowest BCUT2D eigenvalue weighted by atomic mass is 10.1. The summed E-state index contributed by atoms with van der Waals surface area (Å²) >= 11 is 6.71. The number of carbonyl (C=O) groups is 1. The minimum Gasteiger partial charge on any atom is -0.478 e. The highest BCUT2D eigenvalue weighted by Crippen LogP contribution is 2.29. The van der Waals surface area contributed by atoms with Crippen molar-refractivity contribution in [3.05, 3.63) is 67.2 Å². The van der Waals surface area contributed by atoms with Gasteiger partial charge in [0.2, 0.25) is 0 Å². The van der Waals surface area contributed by atoms with E-state index >= 15 is 0 Å². The Kier molecular flexibility index (Phi) is 3.88.